The SMILES string of the molecule is CCCCCC(C)N=Cc1cc(C)cc(C(C)(c2ccccc2)c2ccccc2)c1O.[Cl][Zr][Cl]. The Hall–Kier alpha value is -1.41. The number of unbranched alkanes of at least 4 members (excludes halogenated alkanes) is 2. The number of benzene rings is 3. The summed E-state index contributed by atoms with van der Waals surface area (Å²) in [7, 11) is 9.87. The molecule has 0 saturated carbocycles. The van der Waals surface area contributed by atoms with E-state index in [9.17, 15) is 5.11 Å². The molecule has 180 valence electrons. The molecule has 0 amide bonds. The average Bonchev–Trinajstić information content (AvgIpc) is 2.85. The zero-order chi connectivity index (χ0) is 25.0. The summed E-state index contributed by atoms with van der Waals surface area (Å²) < 4.78 is 0. The zero-order valence-corrected chi connectivity index (χ0v) is 24.5. The molecule has 0 aliphatic carbocycles. The number of phenols is 1. The van der Waals surface area contributed by atoms with E-state index < -0.39 is 26.3 Å². The molecule has 0 bridgehead atoms. The molecule has 0 saturated heterocycles. The Bertz CT molecular complexity index is 986. The third-order valence-electron chi connectivity index (χ3n) is 6.22. The van der Waals surface area contributed by atoms with Crippen molar-refractivity contribution < 1.29 is 26.0 Å². The molecule has 34 heavy (non-hydrogen) atoms. The summed E-state index contributed by atoms with van der Waals surface area (Å²) in [5, 5.41) is 11.4. The van der Waals surface area contributed by atoms with Gasteiger partial charge in [-0.1, -0.05) is 92.9 Å². The monoisotopic (exact) mass is 573 g/mol. The van der Waals surface area contributed by atoms with Crippen molar-refractivity contribution in [3.05, 3.63) is 101 Å². The number of hydrogen-bond donors (Lipinski definition) is 1. The van der Waals surface area contributed by atoms with Crippen LogP contribution >= 0.6 is 17.0 Å². The van der Waals surface area contributed by atoms with E-state index in [0.717, 1.165) is 34.2 Å². The first-order valence-electron chi connectivity index (χ1n) is 11.8. The Labute approximate surface area is 224 Å². The predicted molar refractivity (Wildman–Crippen MR) is 144 cm³/mol. The van der Waals surface area contributed by atoms with Gasteiger partial charge in [0.05, 0.1) is 0 Å². The molecular weight excluding hydrogens is 540 g/mol. The standard InChI is InChI=1S/C29H35NO.2ClH.Zr/c1-5-6-9-14-23(3)30-21-24-19-22(2)20-27(28(24)31)29(4,25-15-10-7-11-16-25)26-17-12-8-13-18-26;;;/h7-8,10-13,15-21,23,31H,5-6,9,14H2,1-4H3;2*1H;/q;;;+2/p-2. The number of halogens is 2. The molecule has 0 radical (unpaired) electrons. The minimum absolute atomic E-state index is 0.254. The van der Waals surface area contributed by atoms with Crippen molar-refractivity contribution in [2.24, 2.45) is 4.99 Å². The third-order valence-corrected chi connectivity index (χ3v) is 6.22. The third kappa shape index (κ3) is 7.80. The van der Waals surface area contributed by atoms with Gasteiger partial charge in [-0.25, -0.2) is 0 Å². The van der Waals surface area contributed by atoms with Gasteiger partial charge in [-0.15, -0.1) is 0 Å². The van der Waals surface area contributed by atoms with E-state index in [1.54, 1.807) is 0 Å². The Morgan fingerprint density at radius 3 is 2.00 bits per heavy atom. The number of hydrogen-bond acceptors (Lipinski definition) is 2. The fraction of sp³-hybridized carbons (Fsp3) is 0.345. The van der Waals surface area contributed by atoms with E-state index in [2.05, 4.69) is 82.3 Å². The first-order chi connectivity index (χ1) is 16.4. The van der Waals surface area contributed by atoms with E-state index in [1.807, 2.05) is 24.4 Å². The Kier molecular flexibility index (Phi) is 12.6. The van der Waals surface area contributed by atoms with Crippen molar-refractivity contribution >= 4 is 23.2 Å². The van der Waals surface area contributed by atoms with Crippen LogP contribution in [0, 0.1) is 6.92 Å². The van der Waals surface area contributed by atoms with Crippen LogP contribution in [0.3, 0.4) is 0 Å². The van der Waals surface area contributed by atoms with Gasteiger partial charge >= 0.3 is 37.9 Å². The van der Waals surface area contributed by atoms with Crippen LogP contribution in [0.4, 0.5) is 0 Å². The summed E-state index contributed by atoms with van der Waals surface area (Å²) in [5.74, 6) is 0.310. The topological polar surface area (TPSA) is 32.6 Å². The molecule has 0 aromatic heterocycles. The summed E-state index contributed by atoms with van der Waals surface area (Å²) in [6.45, 7) is 8.65. The van der Waals surface area contributed by atoms with E-state index in [1.165, 1.54) is 19.3 Å². The van der Waals surface area contributed by atoms with Gasteiger partial charge in [0, 0.05) is 28.8 Å². The van der Waals surface area contributed by atoms with E-state index >= 15 is 0 Å². The molecule has 1 N–H and O–H groups in total. The molecule has 3 aromatic carbocycles. The fourth-order valence-corrected chi connectivity index (χ4v) is 4.28. The zero-order valence-electron chi connectivity index (χ0n) is 20.6. The van der Waals surface area contributed by atoms with Crippen molar-refractivity contribution in [3.63, 3.8) is 0 Å². The molecule has 0 fully saturated rings. The summed E-state index contributed by atoms with van der Waals surface area (Å²) >= 11 is -0.826. The van der Waals surface area contributed by atoms with Gasteiger partial charge < -0.3 is 5.11 Å². The van der Waals surface area contributed by atoms with Gasteiger partial charge in [0.1, 0.15) is 5.75 Å². The Morgan fingerprint density at radius 2 is 1.50 bits per heavy atom. The van der Waals surface area contributed by atoms with Crippen molar-refractivity contribution in [1.29, 1.82) is 0 Å². The summed E-state index contributed by atoms with van der Waals surface area (Å²) in [6.07, 6.45) is 6.59. The van der Waals surface area contributed by atoms with E-state index in [-0.39, 0.29) is 6.04 Å². The first-order valence-corrected chi connectivity index (χ1v) is 18.2. The maximum atomic E-state index is 11.4. The summed E-state index contributed by atoms with van der Waals surface area (Å²) in [4.78, 5) is 4.75. The van der Waals surface area contributed by atoms with Crippen LogP contribution in [0.15, 0.2) is 77.8 Å². The van der Waals surface area contributed by atoms with Crippen LogP contribution in [0.1, 0.15) is 74.3 Å². The van der Waals surface area contributed by atoms with Crippen LogP contribution in [0.5, 0.6) is 5.75 Å². The number of aromatic hydroxyl groups is 1. The van der Waals surface area contributed by atoms with Crippen molar-refractivity contribution in [2.45, 2.75) is 64.8 Å². The maximum absolute atomic E-state index is 11.4. The Morgan fingerprint density at radius 1 is 0.971 bits per heavy atom. The van der Waals surface area contributed by atoms with Crippen LogP contribution in [-0.4, -0.2) is 17.4 Å². The molecule has 1 atom stereocenters. The van der Waals surface area contributed by atoms with Crippen LogP contribution in [-0.2, 0) is 26.3 Å². The average molecular weight is 576 g/mol. The molecular formula is C29H35Cl2NOZr. The molecule has 3 aromatic rings. The molecule has 5 heteroatoms. The molecule has 0 aliphatic heterocycles. The first kappa shape index (κ1) is 28.8. The Balaban J connectivity index is 0.00000129. The summed E-state index contributed by atoms with van der Waals surface area (Å²) in [5.41, 5.74) is 4.63. The molecule has 2 nitrogen and oxygen atoms in total. The number of phenolic OH excluding ortho intramolecular Hbond substituents is 1. The number of nitrogens with zero attached hydrogens (tertiary/aromatic N) is 1. The summed E-state index contributed by atoms with van der Waals surface area (Å²) in [6, 6.07) is 25.2. The van der Waals surface area contributed by atoms with Gasteiger partial charge in [0.2, 0.25) is 0 Å². The quantitative estimate of drug-likeness (QED) is 0.154. The number of aryl methyl sites for hydroxylation is 1. The van der Waals surface area contributed by atoms with Gasteiger partial charge in [-0.05, 0) is 49.9 Å². The molecule has 0 spiro atoms. The fourth-order valence-electron chi connectivity index (χ4n) is 4.28. The molecule has 3 rings (SSSR count). The van der Waals surface area contributed by atoms with Gasteiger partial charge in [0.15, 0.2) is 0 Å². The molecule has 1 unspecified atom stereocenters. The molecule has 0 heterocycles. The van der Waals surface area contributed by atoms with Crippen LogP contribution < -0.4 is 0 Å². The second-order valence-electron chi connectivity index (χ2n) is 8.80. The van der Waals surface area contributed by atoms with Crippen molar-refractivity contribution in [1.82, 2.24) is 0 Å². The van der Waals surface area contributed by atoms with Gasteiger partial charge in [-0.3, -0.25) is 4.99 Å². The number of rotatable bonds is 9. The number of aliphatic imine (C=N–C) groups is 1. The van der Waals surface area contributed by atoms with Gasteiger partial charge in [-0.2, -0.15) is 0 Å². The van der Waals surface area contributed by atoms with Crippen molar-refractivity contribution in [3.8, 4) is 5.75 Å². The van der Waals surface area contributed by atoms with Gasteiger partial charge in [0.25, 0.3) is 0 Å². The second-order valence-corrected chi connectivity index (χ2v) is 12.5. The van der Waals surface area contributed by atoms with Crippen LogP contribution in [0.25, 0.3) is 0 Å². The second kappa shape index (κ2) is 14.9. The van der Waals surface area contributed by atoms with E-state index in [0.29, 0.717) is 5.75 Å². The molecule has 0 aliphatic rings. The van der Waals surface area contributed by atoms with E-state index in [4.69, 9.17) is 22.0 Å². The van der Waals surface area contributed by atoms with Crippen LogP contribution in [0.2, 0.25) is 0 Å². The normalized spacial score (nSPS) is 12.2. The minimum atomic E-state index is -0.826. The van der Waals surface area contributed by atoms with Crippen molar-refractivity contribution in [2.75, 3.05) is 0 Å². The predicted octanol–water partition coefficient (Wildman–Crippen LogP) is 8.82.